The Morgan fingerprint density at radius 2 is 1.46 bits per heavy atom. The third-order valence-corrected chi connectivity index (χ3v) is 13.5. The molecule has 4 aliphatic rings. The summed E-state index contributed by atoms with van der Waals surface area (Å²) in [6, 6.07) is 44.0. The Morgan fingerprint density at radius 3 is 2.35 bits per heavy atom. The predicted octanol–water partition coefficient (Wildman–Crippen LogP) is 13.9. The molecule has 0 bridgehead atoms. The maximum atomic E-state index is 5.24. The van der Waals surface area contributed by atoms with Crippen LogP contribution < -0.4 is 0 Å². The van der Waals surface area contributed by atoms with E-state index in [4.69, 9.17) is 9.98 Å². The molecule has 0 fully saturated rings. The molecule has 10 rings (SSSR count). The summed E-state index contributed by atoms with van der Waals surface area (Å²) < 4.78 is 0. The van der Waals surface area contributed by atoms with Crippen molar-refractivity contribution in [3.05, 3.63) is 209 Å². The molecule has 2 heterocycles. The molecule has 5 aromatic carbocycles. The summed E-state index contributed by atoms with van der Waals surface area (Å²) in [5, 5.41) is 4.46. The lowest BCUT2D eigenvalue weighted by Crippen LogP contribution is -2.27. The van der Waals surface area contributed by atoms with Crippen LogP contribution in [0.4, 0.5) is 5.69 Å². The molecule has 3 aliphatic carbocycles. The SMILES string of the molecule is C=C/C(C)=C\C1=C(C)C2=C(C=CCC=C2)C12c1ccccc1-c1ccc(-c3ccc4c(n3)SSC(c3ccc(-c5cccc6ccccc56)cc3)=N4)cc12. The van der Waals surface area contributed by atoms with E-state index < -0.39 is 5.41 Å². The summed E-state index contributed by atoms with van der Waals surface area (Å²) in [5.41, 5.74) is 17.8. The van der Waals surface area contributed by atoms with E-state index >= 15 is 0 Å². The zero-order valence-corrected chi connectivity index (χ0v) is 31.8. The van der Waals surface area contributed by atoms with E-state index in [1.54, 1.807) is 21.6 Å². The van der Waals surface area contributed by atoms with Gasteiger partial charge in [0.05, 0.1) is 16.8 Å². The summed E-state index contributed by atoms with van der Waals surface area (Å²) in [7, 11) is 3.37. The second-order valence-corrected chi connectivity index (χ2v) is 16.4. The van der Waals surface area contributed by atoms with Gasteiger partial charge in [0.25, 0.3) is 0 Å². The molecule has 1 spiro atoms. The summed E-state index contributed by atoms with van der Waals surface area (Å²) in [4.78, 5) is 10.3. The molecule has 1 atom stereocenters. The van der Waals surface area contributed by atoms with Crippen LogP contribution in [-0.2, 0) is 5.41 Å². The van der Waals surface area contributed by atoms with Gasteiger partial charge in [-0.15, -0.1) is 0 Å². The van der Waals surface area contributed by atoms with Gasteiger partial charge in [-0.25, -0.2) is 9.98 Å². The minimum absolute atomic E-state index is 0.433. The monoisotopic (exact) mass is 728 g/mol. The van der Waals surface area contributed by atoms with E-state index in [-0.39, 0.29) is 0 Å². The first-order valence-electron chi connectivity index (χ1n) is 18.4. The standard InChI is InChI=1S/C50H36N2S2/c1-4-31(2)29-44-32(3)37-15-6-5-7-19-42(37)50(44)43-20-11-10-17-40(43)41-26-25-36(30-45(41)50)46-27-28-47-49(51-46)54-53-48(52-47)35-23-21-34(22-24-35)39-18-12-14-33-13-8-9-16-38(33)39/h4,6-30H,1,5H2,2-3H3/b31-29-. The van der Waals surface area contributed by atoms with Crippen LogP contribution in [-0.4, -0.2) is 10.0 Å². The van der Waals surface area contributed by atoms with E-state index in [0.29, 0.717) is 0 Å². The fraction of sp³-hybridized carbons (Fsp3) is 0.0800. The van der Waals surface area contributed by atoms with Gasteiger partial charge in [0, 0.05) is 11.1 Å². The van der Waals surface area contributed by atoms with E-state index in [9.17, 15) is 0 Å². The Bertz CT molecular complexity index is 2770. The highest BCUT2D eigenvalue weighted by molar-refractivity contribution is 8.82. The number of rotatable bonds is 5. The summed E-state index contributed by atoms with van der Waals surface area (Å²) in [6.07, 6.45) is 14.5. The summed E-state index contributed by atoms with van der Waals surface area (Å²) >= 11 is 0. The molecular formula is C50H36N2S2. The second kappa shape index (κ2) is 13.0. The molecule has 258 valence electrons. The highest BCUT2D eigenvalue weighted by Crippen LogP contribution is 2.63. The molecule has 0 saturated carbocycles. The Kier molecular flexibility index (Phi) is 7.94. The van der Waals surface area contributed by atoms with Crippen molar-refractivity contribution in [2.45, 2.75) is 30.7 Å². The van der Waals surface area contributed by atoms with Gasteiger partial charge in [-0.3, -0.25) is 0 Å². The number of aliphatic imine (C=N–C) groups is 1. The number of allylic oxidation sites excluding steroid dienone is 11. The third kappa shape index (κ3) is 5.05. The average Bonchev–Trinajstić information content (AvgIpc) is 3.47. The first-order valence-corrected chi connectivity index (χ1v) is 20.6. The van der Waals surface area contributed by atoms with E-state index in [1.807, 2.05) is 6.08 Å². The van der Waals surface area contributed by atoms with Gasteiger partial charge >= 0.3 is 0 Å². The van der Waals surface area contributed by atoms with Crippen LogP contribution >= 0.6 is 21.6 Å². The number of hydrogen-bond acceptors (Lipinski definition) is 4. The molecule has 0 saturated heterocycles. The number of fused-ring (bicyclic) bond motifs is 8. The molecular weight excluding hydrogens is 693 g/mol. The molecule has 2 nitrogen and oxygen atoms in total. The van der Waals surface area contributed by atoms with Crippen molar-refractivity contribution in [3.63, 3.8) is 0 Å². The van der Waals surface area contributed by atoms with Crippen LogP contribution in [0, 0.1) is 0 Å². The van der Waals surface area contributed by atoms with Crippen LogP contribution in [0.5, 0.6) is 0 Å². The zero-order valence-electron chi connectivity index (χ0n) is 30.1. The second-order valence-electron chi connectivity index (χ2n) is 14.3. The number of nitrogens with zero attached hydrogens (tertiary/aromatic N) is 2. The van der Waals surface area contributed by atoms with E-state index in [0.717, 1.165) is 44.6 Å². The smallest absolute Gasteiger partial charge is 0.133 e. The number of aromatic nitrogens is 1. The molecule has 6 aromatic rings. The van der Waals surface area contributed by atoms with Crippen molar-refractivity contribution in [2.24, 2.45) is 4.99 Å². The van der Waals surface area contributed by atoms with Crippen molar-refractivity contribution in [3.8, 4) is 33.5 Å². The van der Waals surface area contributed by atoms with Crippen LogP contribution in [0.1, 0.15) is 37.0 Å². The van der Waals surface area contributed by atoms with Gasteiger partial charge in [-0.1, -0.05) is 152 Å². The first-order chi connectivity index (χ1) is 26.5. The van der Waals surface area contributed by atoms with Crippen molar-refractivity contribution in [1.82, 2.24) is 4.98 Å². The first kappa shape index (κ1) is 32.9. The van der Waals surface area contributed by atoms with Gasteiger partial charge in [0.1, 0.15) is 10.1 Å². The molecule has 0 radical (unpaired) electrons. The molecule has 54 heavy (non-hydrogen) atoms. The lowest BCUT2D eigenvalue weighted by molar-refractivity contribution is 0.777. The fourth-order valence-electron chi connectivity index (χ4n) is 8.71. The number of hydrogen-bond donors (Lipinski definition) is 0. The van der Waals surface area contributed by atoms with Gasteiger partial charge in [0.15, 0.2) is 0 Å². The fourth-order valence-corrected chi connectivity index (χ4v) is 10.8. The van der Waals surface area contributed by atoms with Crippen molar-refractivity contribution in [2.75, 3.05) is 0 Å². The average molecular weight is 729 g/mol. The topological polar surface area (TPSA) is 25.2 Å². The molecule has 1 unspecified atom stereocenters. The van der Waals surface area contributed by atoms with Crippen molar-refractivity contribution < 1.29 is 0 Å². The van der Waals surface area contributed by atoms with Crippen molar-refractivity contribution in [1.29, 1.82) is 0 Å². The molecule has 0 amide bonds. The van der Waals surface area contributed by atoms with Crippen LogP contribution in [0.15, 0.2) is 202 Å². The molecule has 1 aromatic heterocycles. The highest BCUT2D eigenvalue weighted by Gasteiger charge is 2.52. The Balaban J connectivity index is 1.03. The summed E-state index contributed by atoms with van der Waals surface area (Å²) in [5.74, 6) is 0. The minimum Gasteiger partial charge on any atom is -0.238 e. The lowest BCUT2D eigenvalue weighted by atomic mass is 9.68. The molecule has 4 heteroatoms. The van der Waals surface area contributed by atoms with E-state index in [2.05, 4.69) is 172 Å². The largest absolute Gasteiger partial charge is 0.238 e. The normalized spacial score (nSPS) is 18.4. The van der Waals surface area contributed by atoms with Gasteiger partial charge in [-0.05, 0) is 127 Å². The van der Waals surface area contributed by atoms with Gasteiger partial charge in [0.2, 0.25) is 0 Å². The molecule has 0 N–H and O–H groups in total. The molecule has 1 aliphatic heterocycles. The third-order valence-electron chi connectivity index (χ3n) is 11.3. The van der Waals surface area contributed by atoms with Gasteiger partial charge in [-0.2, -0.15) is 0 Å². The minimum atomic E-state index is -0.433. The van der Waals surface area contributed by atoms with E-state index in [1.165, 1.54) is 66.4 Å². The van der Waals surface area contributed by atoms with Crippen LogP contribution in [0.2, 0.25) is 0 Å². The van der Waals surface area contributed by atoms with Crippen LogP contribution in [0.25, 0.3) is 44.3 Å². The van der Waals surface area contributed by atoms with Gasteiger partial charge < -0.3 is 0 Å². The Hall–Kier alpha value is -5.68. The quantitative estimate of drug-likeness (QED) is 0.131. The Labute approximate surface area is 324 Å². The number of benzene rings is 5. The zero-order chi connectivity index (χ0) is 36.4. The maximum Gasteiger partial charge on any atom is 0.133 e. The van der Waals surface area contributed by atoms with Crippen molar-refractivity contribution >= 4 is 43.1 Å². The lowest BCUT2D eigenvalue weighted by Gasteiger charge is -2.33. The number of pyridine rings is 1. The Morgan fingerprint density at radius 1 is 0.722 bits per heavy atom. The maximum absolute atomic E-state index is 5.24. The predicted molar refractivity (Wildman–Crippen MR) is 231 cm³/mol. The van der Waals surface area contributed by atoms with Crippen LogP contribution in [0.3, 0.4) is 0 Å². The highest BCUT2D eigenvalue weighted by atomic mass is 33.1. The summed E-state index contributed by atoms with van der Waals surface area (Å²) in [6.45, 7) is 8.55.